The number of nitrogens with zero attached hydrogens (tertiary/aromatic N) is 1. The minimum atomic E-state index is 0.434. The minimum Gasteiger partial charge on any atom is -0.316 e. The summed E-state index contributed by atoms with van der Waals surface area (Å²) in [5.74, 6) is 0. The molecule has 0 aliphatic heterocycles. The zero-order valence-corrected chi connectivity index (χ0v) is 5.34. The summed E-state index contributed by atoms with van der Waals surface area (Å²) in [4.78, 5) is 0. The van der Waals surface area contributed by atoms with Crippen molar-refractivity contribution in [3.05, 3.63) is 0 Å². The van der Waals surface area contributed by atoms with E-state index in [1.54, 1.807) is 0 Å². The van der Waals surface area contributed by atoms with E-state index in [1.165, 1.54) is 0 Å². The van der Waals surface area contributed by atoms with Crippen molar-refractivity contribution < 1.29 is 4.52 Å². The van der Waals surface area contributed by atoms with Gasteiger partial charge in [-0.2, -0.15) is 5.26 Å². The van der Waals surface area contributed by atoms with E-state index in [0.29, 0.717) is 20.6 Å². The Hall–Kier alpha value is -0.0300. The Morgan fingerprint density at radius 1 is 1.86 bits per heavy atom. The highest BCUT2D eigenvalue weighted by Gasteiger charge is 1.77. The summed E-state index contributed by atoms with van der Waals surface area (Å²) in [7, 11) is 0.487. The van der Waals surface area contributed by atoms with Gasteiger partial charge in [0.2, 0.25) is 0 Å². The van der Waals surface area contributed by atoms with Crippen LogP contribution in [0.15, 0.2) is 0 Å². The Labute approximate surface area is 49.0 Å². The molecule has 0 saturated carbocycles. The molecule has 38 valence electrons. The average Bonchev–Trinajstić information content (AvgIpc) is 1.69. The molecule has 2 nitrogen and oxygen atoms in total. The van der Waals surface area contributed by atoms with Gasteiger partial charge in [0.25, 0.3) is 0 Å². The van der Waals surface area contributed by atoms with Gasteiger partial charge in [-0.3, -0.25) is 0 Å². The van der Waals surface area contributed by atoms with Crippen LogP contribution in [0, 0.1) is 11.3 Å². The Morgan fingerprint density at radius 3 is 3.00 bits per heavy atom. The van der Waals surface area contributed by atoms with Gasteiger partial charge in [-0.1, -0.05) is 0 Å². The summed E-state index contributed by atoms with van der Waals surface area (Å²) in [6, 6.07) is 1.93. The SMILES string of the molecule is N#CCCOP=S. The molecule has 0 heterocycles. The summed E-state index contributed by atoms with van der Waals surface area (Å²) < 4.78 is 4.64. The molecule has 0 aromatic heterocycles. The molecule has 0 N–H and O–H groups in total. The fourth-order valence-corrected chi connectivity index (χ4v) is 0.518. The van der Waals surface area contributed by atoms with Crippen molar-refractivity contribution in [2.75, 3.05) is 6.61 Å². The van der Waals surface area contributed by atoms with Gasteiger partial charge < -0.3 is 4.52 Å². The monoisotopic (exact) mass is 133 g/mol. The van der Waals surface area contributed by atoms with E-state index < -0.39 is 0 Å². The van der Waals surface area contributed by atoms with Crippen LogP contribution < -0.4 is 0 Å². The lowest BCUT2D eigenvalue weighted by molar-refractivity contribution is 0.382. The second-order valence-electron chi connectivity index (χ2n) is 0.816. The molecule has 0 amide bonds. The largest absolute Gasteiger partial charge is 0.316 e. The van der Waals surface area contributed by atoms with Crippen LogP contribution in [-0.2, 0) is 16.3 Å². The molecule has 0 aromatic rings. The van der Waals surface area contributed by atoms with E-state index >= 15 is 0 Å². The first-order chi connectivity index (χ1) is 3.41. The first kappa shape index (κ1) is 6.97. The molecule has 0 saturated heterocycles. The number of rotatable bonds is 3. The van der Waals surface area contributed by atoms with Crippen molar-refractivity contribution >= 4 is 19.4 Å². The molecular weight excluding hydrogens is 129 g/mol. The third kappa shape index (κ3) is 5.97. The number of nitriles is 1. The van der Waals surface area contributed by atoms with Crippen LogP contribution in [0.4, 0.5) is 0 Å². The molecule has 0 atom stereocenters. The molecule has 7 heavy (non-hydrogen) atoms. The molecule has 0 bridgehead atoms. The maximum atomic E-state index is 7.93. The first-order valence-corrected chi connectivity index (χ1v) is 3.56. The highest BCUT2D eigenvalue weighted by molar-refractivity contribution is 7.94. The standard InChI is InChI=1S/C3H4NOPS/c4-2-1-3-5-6-7/h1,3H2. The summed E-state index contributed by atoms with van der Waals surface area (Å²) in [5.41, 5.74) is 0. The van der Waals surface area contributed by atoms with Gasteiger partial charge >= 0.3 is 0 Å². The molecule has 0 aromatic carbocycles. The van der Waals surface area contributed by atoms with Crippen molar-refractivity contribution in [2.24, 2.45) is 0 Å². The van der Waals surface area contributed by atoms with Gasteiger partial charge in [-0.05, 0) is 11.8 Å². The predicted molar refractivity (Wildman–Crippen MR) is 30.5 cm³/mol. The third-order valence-electron chi connectivity index (χ3n) is 0.358. The lowest BCUT2D eigenvalue weighted by atomic mass is 10.5. The van der Waals surface area contributed by atoms with E-state index in [1.807, 2.05) is 6.07 Å². The molecule has 0 rings (SSSR count). The van der Waals surface area contributed by atoms with Crippen molar-refractivity contribution in [1.29, 1.82) is 5.26 Å². The molecule has 0 aliphatic rings. The summed E-state index contributed by atoms with van der Waals surface area (Å²) in [6.45, 7) is 0.460. The van der Waals surface area contributed by atoms with Gasteiger partial charge in [0, 0.05) is 0 Å². The van der Waals surface area contributed by atoms with Crippen molar-refractivity contribution in [1.82, 2.24) is 0 Å². The van der Waals surface area contributed by atoms with Crippen LogP contribution in [0.1, 0.15) is 6.42 Å². The van der Waals surface area contributed by atoms with E-state index in [0.717, 1.165) is 0 Å². The highest BCUT2D eigenvalue weighted by atomic mass is 32.4. The maximum Gasteiger partial charge on any atom is 0.136 e. The van der Waals surface area contributed by atoms with Crippen molar-refractivity contribution in [2.45, 2.75) is 6.42 Å². The Bertz CT molecular complexity index is 89.4. The van der Waals surface area contributed by atoms with Gasteiger partial charge in [0.1, 0.15) is 7.58 Å². The van der Waals surface area contributed by atoms with E-state index in [-0.39, 0.29) is 0 Å². The zero-order chi connectivity index (χ0) is 5.54. The van der Waals surface area contributed by atoms with Gasteiger partial charge in [-0.25, -0.2) is 0 Å². The quantitative estimate of drug-likeness (QED) is 0.429. The van der Waals surface area contributed by atoms with Gasteiger partial charge in [-0.15, -0.1) is 0 Å². The van der Waals surface area contributed by atoms with Gasteiger partial charge in [0.15, 0.2) is 0 Å². The number of hydrogen-bond donors (Lipinski definition) is 0. The number of hydrogen-bond acceptors (Lipinski definition) is 3. The van der Waals surface area contributed by atoms with Crippen LogP contribution in [-0.4, -0.2) is 6.61 Å². The molecule has 0 unspecified atom stereocenters. The minimum absolute atomic E-state index is 0.434. The Kier molecular flexibility index (Phi) is 5.94. The normalized spacial score (nSPS) is 8.43. The fourth-order valence-electron chi connectivity index (χ4n) is 0.129. The van der Waals surface area contributed by atoms with E-state index in [4.69, 9.17) is 5.26 Å². The average molecular weight is 133 g/mol. The lowest BCUT2D eigenvalue weighted by Crippen LogP contribution is -1.77. The topological polar surface area (TPSA) is 33.0 Å². The Balaban J connectivity index is 2.72. The molecule has 0 fully saturated rings. The van der Waals surface area contributed by atoms with Crippen LogP contribution in [0.5, 0.6) is 0 Å². The lowest BCUT2D eigenvalue weighted by Gasteiger charge is -1.82. The van der Waals surface area contributed by atoms with Crippen LogP contribution in [0.2, 0.25) is 0 Å². The third-order valence-corrected chi connectivity index (χ3v) is 0.962. The summed E-state index contributed by atoms with van der Waals surface area (Å²) in [6.07, 6.45) is 0.434. The van der Waals surface area contributed by atoms with Crippen LogP contribution >= 0.6 is 7.58 Å². The second-order valence-corrected chi connectivity index (χ2v) is 1.67. The predicted octanol–water partition coefficient (Wildman–Crippen LogP) is 1.24. The highest BCUT2D eigenvalue weighted by Crippen LogP contribution is 1.93. The smallest absolute Gasteiger partial charge is 0.136 e. The molecule has 0 radical (unpaired) electrons. The Morgan fingerprint density at radius 2 is 2.57 bits per heavy atom. The molecule has 4 heteroatoms. The van der Waals surface area contributed by atoms with Crippen molar-refractivity contribution in [3.63, 3.8) is 0 Å². The fraction of sp³-hybridized carbons (Fsp3) is 0.667. The maximum absolute atomic E-state index is 7.93. The molecule has 0 spiro atoms. The van der Waals surface area contributed by atoms with E-state index in [9.17, 15) is 0 Å². The summed E-state index contributed by atoms with van der Waals surface area (Å²) >= 11 is 4.41. The zero-order valence-electron chi connectivity index (χ0n) is 3.63. The van der Waals surface area contributed by atoms with E-state index in [2.05, 4.69) is 16.3 Å². The first-order valence-electron chi connectivity index (χ1n) is 1.73. The van der Waals surface area contributed by atoms with Crippen LogP contribution in [0.25, 0.3) is 0 Å². The second kappa shape index (κ2) is 5.97. The summed E-state index contributed by atoms with van der Waals surface area (Å²) in [5, 5.41) is 7.93. The molecular formula is C3H4NOPS. The van der Waals surface area contributed by atoms with Gasteiger partial charge in [0.05, 0.1) is 19.1 Å². The van der Waals surface area contributed by atoms with Crippen LogP contribution in [0.3, 0.4) is 0 Å². The molecule has 0 aliphatic carbocycles. The van der Waals surface area contributed by atoms with Crippen molar-refractivity contribution in [3.8, 4) is 6.07 Å².